The van der Waals surface area contributed by atoms with E-state index in [1.165, 1.54) is 0 Å². The van der Waals surface area contributed by atoms with Crippen molar-refractivity contribution in [2.24, 2.45) is 5.73 Å². The molecule has 2 aromatic rings. The Kier molecular flexibility index (Phi) is 3.51. The zero-order chi connectivity index (χ0) is 18.5. The molecule has 0 bridgehead atoms. The van der Waals surface area contributed by atoms with Crippen LogP contribution in [0.4, 0.5) is 5.69 Å². The van der Waals surface area contributed by atoms with Crippen molar-refractivity contribution in [2.45, 2.75) is 38.5 Å². The number of nitrogens with two attached hydrogens (primary N) is 1. The van der Waals surface area contributed by atoms with Gasteiger partial charge in [0.1, 0.15) is 17.1 Å². The average molecular weight is 349 g/mol. The summed E-state index contributed by atoms with van der Waals surface area (Å²) in [5.74, 6) is -0.122. The van der Waals surface area contributed by atoms with Gasteiger partial charge in [0.05, 0.1) is 5.56 Å². The molecular weight excluding hydrogens is 330 g/mol. The molecule has 1 unspecified atom stereocenters. The number of nitrogens with zero attached hydrogens (tertiary/aromatic N) is 2. The van der Waals surface area contributed by atoms with E-state index in [1.54, 1.807) is 0 Å². The molecule has 0 saturated carbocycles. The van der Waals surface area contributed by atoms with Crippen LogP contribution >= 0.6 is 0 Å². The molecule has 3 heterocycles. The van der Waals surface area contributed by atoms with Crippen molar-refractivity contribution in [3.05, 3.63) is 52.0 Å². The van der Waals surface area contributed by atoms with Gasteiger partial charge in [-0.15, -0.1) is 5.10 Å². The fourth-order valence-electron chi connectivity index (χ4n) is 4.03. The van der Waals surface area contributed by atoms with Gasteiger partial charge in [0.2, 0.25) is 17.7 Å². The van der Waals surface area contributed by atoms with Crippen molar-refractivity contribution in [1.29, 1.82) is 5.26 Å². The summed E-state index contributed by atoms with van der Waals surface area (Å²) in [7, 11) is 0. The van der Waals surface area contributed by atoms with Crippen LogP contribution in [-0.2, 0) is 16.6 Å². The average Bonchev–Trinajstić information content (AvgIpc) is 3.14. The number of hydrogen-bond donors (Lipinski definition) is 3. The van der Waals surface area contributed by atoms with E-state index in [2.05, 4.69) is 28.5 Å². The summed E-state index contributed by atoms with van der Waals surface area (Å²) in [6.07, 6.45) is 2.62. The van der Waals surface area contributed by atoms with Crippen molar-refractivity contribution in [3.8, 4) is 11.9 Å². The second-order valence-electron chi connectivity index (χ2n) is 6.64. The van der Waals surface area contributed by atoms with E-state index in [4.69, 9.17) is 10.5 Å². The van der Waals surface area contributed by atoms with E-state index in [1.807, 2.05) is 25.1 Å². The van der Waals surface area contributed by atoms with E-state index < -0.39 is 5.41 Å². The Morgan fingerprint density at radius 3 is 2.92 bits per heavy atom. The number of carbonyl (C=O) groups excluding carboxylic acids is 1. The summed E-state index contributed by atoms with van der Waals surface area (Å²) in [6.45, 7) is 4.02. The van der Waals surface area contributed by atoms with Crippen LogP contribution in [0.5, 0.6) is 5.88 Å². The van der Waals surface area contributed by atoms with Crippen molar-refractivity contribution in [2.75, 3.05) is 5.32 Å². The quantitative estimate of drug-likeness (QED) is 0.786. The van der Waals surface area contributed by atoms with Crippen LogP contribution in [0.3, 0.4) is 0 Å². The number of fused-ring (bicyclic) bond motifs is 4. The first kappa shape index (κ1) is 16.2. The number of hydrogen-bond acceptors (Lipinski definition) is 5. The number of unbranched alkanes of at least 4 members (excludes halogenated alkanes) is 1. The number of H-pyrrole nitrogens is 1. The zero-order valence-electron chi connectivity index (χ0n) is 14.6. The molecule has 0 fully saturated rings. The molecule has 132 valence electrons. The minimum absolute atomic E-state index is 0.0835. The molecule has 2 aliphatic heterocycles. The number of aromatic nitrogens is 2. The number of benzene rings is 1. The van der Waals surface area contributed by atoms with E-state index in [-0.39, 0.29) is 23.2 Å². The van der Waals surface area contributed by atoms with Crippen molar-refractivity contribution in [1.82, 2.24) is 10.2 Å². The number of amides is 1. The Morgan fingerprint density at radius 2 is 2.19 bits per heavy atom. The first-order valence-electron chi connectivity index (χ1n) is 8.63. The topological polar surface area (TPSA) is 117 Å². The third kappa shape index (κ3) is 1.87. The Labute approximate surface area is 150 Å². The molecule has 26 heavy (non-hydrogen) atoms. The lowest BCUT2D eigenvalue weighted by Gasteiger charge is -2.32. The molecule has 2 aliphatic rings. The van der Waals surface area contributed by atoms with Crippen LogP contribution < -0.4 is 15.8 Å². The third-order valence-corrected chi connectivity index (χ3v) is 5.14. The van der Waals surface area contributed by atoms with Crippen LogP contribution in [0.15, 0.2) is 29.7 Å². The molecule has 7 nitrogen and oxygen atoms in total. The third-order valence-electron chi connectivity index (χ3n) is 5.14. The number of nitrogens with one attached hydrogen (secondary N) is 2. The lowest BCUT2D eigenvalue weighted by molar-refractivity contribution is -0.118. The monoisotopic (exact) mass is 349 g/mol. The summed E-state index contributed by atoms with van der Waals surface area (Å²) in [4.78, 5) is 13.3. The number of aryl methyl sites for hydroxylation is 2. The number of aromatic amines is 1. The maximum absolute atomic E-state index is 13.3. The second kappa shape index (κ2) is 5.63. The van der Waals surface area contributed by atoms with Gasteiger partial charge in [-0.25, -0.2) is 0 Å². The Morgan fingerprint density at radius 1 is 1.38 bits per heavy atom. The number of ether oxygens (including phenoxy) is 1. The van der Waals surface area contributed by atoms with Crippen molar-refractivity contribution < 1.29 is 9.53 Å². The van der Waals surface area contributed by atoms with Gasteiger partial charge in [0.25, 0.3) is 0 Å². The number of nitriles is 1. The molecule has 0 radical (unpaired) electrons. The highest BCUT2D eigenvalue weighted by Crippen LogP contribution is 2.54. The predicted octanol–water partition coefficient (Wildman–Crippen LogP) is 2.39. The van der Waals surface area contributed by atoms with Crippen LogP contribution in [0.25, 0.3) is 0 Å². The largest absolute Gasteiger partial charge is 0.420 e. The molecule has 1 atom stereocenters. The highest BCUT2D eigenvalue weighted by Gasteiger charge is 2.59. The highest BCUT2D eigenvalue weighted by molar-refractivity contribution is 6.13. The minimum Gasteiger partial charge on any atom is -0.420 e. The maximum Gasteiger partial charge on any atom is 0.245 e. The summed E-state index contributed by atoms with van der Waals surface area (Å²) >= 11 is 0. The lowest BCUT2D eigenvalue weighted by Crippen LogP contribution is -2.43. The van der Waals surface area contributed by atoms with Gasteiger partial charge in [0.15, 0.2) is 0 Å². The zero-order valence-corrected chi connectivity index (χ0v) is 14.6. The number of anilines is 1. The first-order valence-corrected chi connectivity index (χ1v) is 8.63. The summed E-state index contributed by atoms with van der Waals surface area (Å²) < 4.78 is 5.60. The Balaban J connectivity index is 2.10. The molecule has 1 amide bonds. The molecule has 0 saturated heterocycles. The second-order valence-corrected chi connectivity index (χ2v) is 6.64. The summed E-state index contributed by atoms with van der Waals surface area (Å²) in [5, 5.41) is 20.0. The Hall–Kier alpha value is -3.27. The number of carbonyl (C=O) groups is 1. The number of rotatable bonds is 3. The van der Waals surface area contributed by atoms with Gasteiger partial charge in [-0.2, -0.15) is 5.26 Å². The first-order chi connectivity index (χ1) is 12.6. The normalized spacial score (nSPS) is 20.4. The molecule has 4 rings (SSSR count). The molecular formula is C19H19N5O2. The summed E-state index contributed by atoms with van der Waals surface area (Å²) in [5.41, 5.74) is 8.54. The maximum atomic E-state index is 13.3. The van der Waals surface area contributed by atoms with Gasteiger partial charge >= 0.3 is 0 Å². The van der Waals surface area contributed by atoms with E-state index in [0.717, 1.165) is 29.7 Å². The molecule has 1 spiro atoms. The van der Waals surface area contributed by atoms with Gasteiger partial charge in [-0.05, 0) is 31.4 Å². The summed E-state index contributed by atoms with van der Waals surface area (Å²) in [6, 6.07) is 7.76. The molecule has 4 N–H and O–H groups in total. The van der Waals surface area contributed by atoms with Crippen LogP contribution in [-0.4, -0.2) is 16.1 Å². The van der Waals surface area contributed by atoms with Gasteiger partial charge in [0, 0.05) is 16.9 Å². The van der Waals surface area contributed by atoms with Gasteiger partial charge < -0.3 is 15.8 Å². The fourth-order valence-corrected chi connectivity index (χ4v) is 4.03. The van der Waals surface area contributed by atoms with Crippen LogP contribution in [0.1, 0.15) is 42.1 Å². The fraction of sp³-hybridized carbons (Fsp3) is 0.316. The van der Waals surface area contributed by atoms with E-state index in [0.29, 0.717) is 17.7 Å². The smallest absolute Gasteiger partial charge is 0.245 e. The lowest BCUT2D eigenvalue weighted by atomic mass is 9.67. The molecule has 0 aliphatic carbocycles. The SMILES string of the molecule is CCCCc1[nH]nc2c1C1(C(=O)Nc3cccc(C)c31)C(C#N)=C(N)O2. The van der Waals surface area contributed by atoms with Crippen LogP contribution in [0.2, 0.25) is 0 Å². The van der Waals surface area contributed by atoms with E-state index >= 15 is 0 Å². The van der Waals surface area contributed by atoms with Crippen molar-refractivity contribution in [3.63, 3.8) is 0 Å². The molecule has 1 aromatic carbocycles. The van der Waals surface area contributed by atoms with Gasteiger partial charge in [-0.3, -0.25) is 9.89 Å². The molecule has 7 heteroatoms. The predicted molar refractivity (Wildman–Crippen MR) is 95.2 cm³/mol. The van der Waals surface area contributed by atoms with Crippen LogP contribution in [0, 0.1) is 18.3 Å². The molecule has 1 aromatic heterocycles. The Bertz CT molecular complexity index is 998. The van der Waals surface area contributed by atoms with Crippen molar-refractivity contribution >= 4 is 11.6 Å². The van der Waals surface area contributed by atoms with Gasteiger partial charge in [-0.1, -0.05) is 25.5 Å². The highest BCUT2D eigenvalue weighted by atomic mass is 16.5. The minimum atomic E-state index is -1.33. The van der Waals surface area contributed by atoms with E-state index in [9.17, 15) is 10.1 Å². The standard InChI is InChI=1S/C19H19N5O2/c1-3-4-7-13-15-17(24-23-13)26-16(21)11(9-20)19(15)14-10(2)6-5-8-12(14)22-18(19)25/h5-6,8H,3-4,7,21H2,1-2H3,(H,22,25)(H,23,24).